The van der Waals surface area contributed by atoms with Gasteiger partial charge in [-0.15, -0.1) is 0 Å². The molecule has 3 heteroatoms. The van der Waals surface area contributed by atoms with Gasteiger partial charge in [0.1, 0.15) is 0 Å². The lowest BCUT2D eigenvalue weighted by atomic mass is 10.1. The molecule has 0 aliphatic carbocycles. The van der Waals surface area contributed by atoms with Gasteiger partial charge in [-0.1, -0.05) is 0 Å². The third kappa shape index (κ3) is 1.60. The molecule has 0 bridgehead atoms. The summed E-state index contributed by atoms with van der Waals surface area (Å²) < 4.78 is 24.8. The smallest absolute Gasteiger partial charge is 0.258 e. The van der Waals surface area contributed by atoms with Crippen molar-refractivity contribution in [3.8, 4) is 0 Å². The fourth-order valence-electron chi connectivity index (χ4n) is 1.36. The zero-order chi connectivity index (χ0) is 9.30. The van der Waals surface area contributed by atoms with E-state index in [0.717, 1.165) is 5.69 Å². The summed E-state index contributed by atoms with van der Waals surface area (Å²) >= 11 is 0. The fourth-order valence-corrected chi connectivity index (χ4v) is 1.36. The van der Waals surface area contributed by atoms with Crippen LogP contribution in [0.3, 0.4) is 0 Å². The molecule has 1 heterocycles. The Hall–Kier alpha value is -0.990. The summed E-state index contributed by atoms with van der Waals surface area (Å²) in [5.74, 6) is 0. The minimum atomic E-state index is -2.42. The van der Waals surface area contributed by atoms with Gasteiger partial charge in [0.15, 0.2) is 0 Å². The molecule has 0 saturated carbocycles. The third-order valence-corrected chi connectivity index (χ3v) is 1.80. The quantitative estimate of drug-likeness (QED) is 0.633. The van der Waals surface area contributed by atoms with Gasteiger partial charge >= 0.3 is 0 Å². The average Bonchev–Trinajstić information content (AvgIpc) is 1.82. The van der Waals surface area contributed by atoms with Gasteiger partial charge in [0.25, 0.3) is 6.43 Å². The molecule has 0 amide bonds. The fraction of sp³-hybridized carbons (Fsp3) is 0.444. The van der Waals surface area contributed by atoms with E-state index in [-0.39, 0.29) is 5.56 Å². The van der Waals surface area contributed by atoms with Crippen molar-refractivity contribution < 1.29 is 8.78 Å². The van der Waals surface area contributed by atoms with Crippen molar-refractivity contribution in [3.63, 3.8) is 0 Å². The first kappa shape index (κ1) is 9.10. The first-order chi connectivity index (χ1) is 5.52. The van der Waals surface area contributed by atoms with Crippen LogP contribution in [0.1, 0.15) is 28.9 Å². The number of rotatable bonds is 1. The first-order valence-electron chi connectivity index (χ1n) is 3.75. The van der Waals surface area contributed by atoms with E-state index in [9.17, 15) is 8.78 Å². The molecule has 0 aromatic carbocycles. The molecule has 1 aromatic rings. The molecule has 0 saturated heterocycles. The van der Waals surface area contributed by atoms with Gasteiger partial charge in [-0.3, -0.25) is 4.98 Å². The largest absolute Gasteiger partial charge is 0.265 e. The number of aryl methyl sites for hydroxylation is 3. The third-order valence-electron chi connectivity index (χ3n) is 1.80. The van der Waals surface area contributed by atoms with E-state index >= 15 is 0 Å². The van der Waals surface area contributed by atoms with Crippen LogP contribution in [0, 0.1) is 20.8 Å². The Bertz CT molecular complexity index is 272. The van der Waals surface area contributed by atoms with Crippen LogP contribution in [0.2, 0.25) is 0 Å². The molecule has 0 unspecified atom stereocenters. The number of pyridine rings is 1. The van der Waals surface area contributed by atoms with Crippen LogP contribution in [0.15, 0.2) is 6.07 Å². The lowest BCUT2D eigenvalue weighted by Crippen LogP contribution is -1.98. The van der Waals surface area contributed by atoms with E-state index in [1.165, 1.54) is 0 Å². The Balaban J connectivity index is 3.28. The Morgan fingerprint density at radius 3 is 2.25 bits per heavy atom. The van der Waals surface area contributed by atoms with Gasteiger partial charge in [-0.25, -0.2) is 8.78 Å². The van der Waals surface area contributed by atoms with E-state index in [0.29, 0.717) is 11.3 Å². The van der Waals surface area contributed by atoms with Crippen LogP contribution in [0.5, 0.6) is 0 Å². The maximum absolute atomic E-state index is 12.4. The lowest BCUT2D eigenvalue weighted by Gasteiger charge is -2.08. The van der Waals surface area contributed by atoms with Crippen molar-refractivity contribution in [1.82, 2.24) is 4.98 Å². The highest BCUT2D eigenvalue weighted by Crippen LogP contribution is 2.25. The lowest BCUT2D eigenvalue weighted by molar-refractivity contribution is 0.149. The summed E-state index contributed by atoms with van der Waals surface area (Å²) in [5.41, 5.74) is 1.91. The van der Waals surface area contributed by atoms with Crippen LogP contribution < -0.4 is 0 Å². The molecule has 0 N–H and O–H groups in total. The topological polar surface area (TPSA) is 12.9 Å². The second-order valence-corrected chi connectivity index (χ2v) is 2.88. The molecule has 0 fully saturated rings. The van der Waals surface area contributed by atoms with Gasteiger partial charge in [-0.05, 0) is 32.4 Å². The molecular formula is C9H11F2N. The Labute approximate surface area is 70.4 Å². The van der Waals surface area contributed by atoms with Gasteiger partial charge in [-0.2, -0.15) is 0 Å². The van der Waals surface area contributed by atoms with Crippen molar-refractivity contribution in [3.05, 3.63) is 28.6 Å². The number of alkyl halides is 2. The maximum Gasteiger partial charge on any atom is 0.265 e. The van der Waals surface area contributed by atoms with Gasteiger partial charge in [0, 0.05) is 17.0 Å². The predicted molar refractivity (Wildman–Crippen MR) is 43.4 cm³/mol. The van der Waals surface area contributed by atoms with Crippen LogP contribution in [-0.4, -0.2) is 4.98 Å². The minimum absolute atomic E-state index is 0.0700. The summed E-state index contributed by atoms with van der Waals surface area (Å²) in [6, 6.07) is 1.68. The summed E-state index contributed by atoms with van der Waals surface area (Å²) in [6.45, 7) is 5.10. The normalized spacial score (nSPS) is 10.8. The summed E-state index contributed by atoms with van der Waals surface area (Å²) in [7, 11) is 0. The first-order valence-corrected chi connectivity index (χ1v) is 3.75. The number of aromatic nitrogens is 1. The van der Waals surface area contributed by atoms with Crippen molar-refractivity contribution in [1.29, 1.82) is 0 Å². The van der Waals surface area contributed by atoms with Crippen molar-refractivity contribution >= 4 is 0 Å². The number of nitrogens with zero attached hydrogens (tertiary/aromatic N) is 1. The molecule has 1 aromatic heterocycles. The molecule has 1 rings (SSSR count). The molecule has 0 atom stereocenters. The highest BCUT2D eigenvalue weighted by Gasteiger charge is 2.14. The highest BCUT2D eigenvalue weighted by atomic mass is 19.3. The molecule has 0 radical (unpaired) electrons. The Kier molecular flexibility index (Phi) is 2.40. The molecule has 0 aliphatic heterocycles. The number of hydrogen-bond donors (Lipinski definition) is 0. The SMILES string of the molecule is Cc1cc(C)c(C(F)F)c(C)n1. The summed E-state index contributed by atoms with van der Waals surface area (Å²) in [6.07, 6.45) is -2.42. The van der Waals surface area contributed by atoms with E-state index in [2.05, 4.69) is 4.98 Å². The van der Waals surface area contributed by atoms with Crippen molar-refractivity contribution in [2.24, 2.45) is 0 Å². The number of hydrogen-bond acceptors (Lipinski definition) is 1. The zero-order valence-corrected chi connectivity index (χ0v) is 7.36. The number of halogens is 2. The van der Waals surface area contributed by atoms with Gasteiger partial charge in [0.05, 0.1) is 0 Å². The standard InChI is InChI=1S/C9H11F2N/c1-5-4-6(2)12-7(3)8(5)9(10)11/h4,9H,1-3H3. The summed E-state index contributed by atoms with van der Waals surface area (Å²) in [4.78, 5) is 3.98. The molecule has 0 aliphatic rings. The molecule has 0 spiro atoms. The minimum Gasteiger partial charge on any atom is -0.258 e. The van der Waals surface area contributed by atoms with Crippen molar-refractivity contribution in [2.75, 3.05) is 0 Å². The van der Waals surface area contributed by atoms with Gasteiger partial charge < -0.3 is 0 Å². The molecular weight excluding hydrogens is 160 g/mol. The maximum atomic E-state index is 12.4. The molecule has 66 valence electrons. The van der Waals surface area contributed by atoms with Crippen LogP contribution >= 0.6 is 0 Å². The highest BCUT2D eigenvalue weighted by molar-refractivity contribution is 5.31. The molecule has 12 heavy (non-hydrogen) atoms. The average molecular weight is 171 g/mol. The van der Waals surface area contributed by atoms with E-state index in [4.69, 9.17) is 0 Å². The summed E-state index contributed by atoms with van der Waals surface area (Å²) in [5, 5.41) is 0. The van der Waals surface area contributed by atoms with Crippen LogP contribution in [0.4, 0.5) is 8.78 Å². The zero-order valence-electron chi connectivity index (χ0n) is 7.36. The van der Waals surface area contributed by atoms with E-state index in [1.807, 2.05) is 0 Å². The Morgan fingerprint density at radius 2 is 1.83 bits per heavy atom. The monoisotopic (exact) mass is 171 g/mol. The second kappa shape index (κ2) is 3.17. The van der Waals surface area contributed by atoms with Crippen LogP contribution in [0.25, 0.3) is 0 Å². The van der Waals surface area contributed by atoms with E-state index in [1.54, 1.807) is 26.8 Å². The molecule has 1 nitrogen and oxygen atoms in total. The Morgan fingerprint density at radius 1 is 1.25 bits per heavy atom. The van der Waals surface area contributed by atoms with Gasteiger partial charge in [0.2, 0.25) is 0 Å². The second-order valence-electron chi connectivity index (χ2n) is 2.88. The van der Waals surface area contributed by atoms with E-state index < -0.39 is 6.43 Å². The van der Waals surface area contributed by atoms with Crippen LogP contribution in [-0.2, 0) is 0 Å². The van der Waals surface area contributed by atoms with Crippen molar-refractivity contribution in [2.45, 2.75) is 27.2 Å². The predicted octanol–water partition coefficient (Wildman–Crippen LogP) is 2.94.